The number of alkyl halides is 3. The molecule has 0 aliphatic rings. The van der Waals surface area contributed by atoms with Crippen LogP contribution in [0.2, 0.25) is 0 Å². The number of halogens is 4. The van der Waals surface area contributed by atoms with Crippen molar-refractivity contribution in [2.75, 3.05) is 11.5 Å². The monoisotopic (exact) mass is 194 g/mol. The second kappa shape index (κ2) is 2.79. The molecule has 0 aliphatic carbocycles. The fourth-order valence-corrected chi connectivity index (χ4v) is 0.803. The SMILES string of the molecule is Nc1cc(C(F)(F)F)cc(F)c1N. The number of nitrogens with two attached hydrogens (primary N) is 2. The molecule has 0 atom stereocenters. The summed E-state index contributed by atoms with van der Waals surface area (Å²) in [5.41, 5.74) is 8.06. The lowest BCUT2D eigenvalue weighted by Crippen LogP contribution is -2.08. The van der Waals surface area contributed by atoms with Crippen LogP contribution in [-0.4, -0.2) is 0 Å². The van der Waals surface area contributed by atoms with Gasteiger partial charge in [-0.15, -0.1) is 0 Å². The van der Waals surface area contributed by atoms with E-state index in [0.717, 1.165) is 0 Å². The van der Waals surface area contributed by atoms with Gasteiger partial charge in [-0.2, -0.15) is 13.2 Å². The van der Waals surface area contributed by atoms with Gasteiger partial charge in [-0.25, -0.2) is 4.39 Å². The maximum Gasteiger partial charge on any atom is 0.416 e. The van der Waals surface area contributed by atoms with Crippen molar-refractivity contribution in [1.82, 2.24) is 0 Å². The molecule has 72 valence electrons. The lowest BCUT2D eigenvalue weighted by molar-refractivity contribution is -0.137. The Bertz CT molecular complexity index is 309. The lowest BCUT2D eigenvalue weighted by atomic mass is 10.1. The van der Waals surface area contributed by atoms with Gasteiger partial charge in [0.1, 0.15) is 5.82 Å². The minimum Gasteiger partial charge on any atom is -0.397 e. The number of benzene rings is 1. The van der Waals surface area contributed by atoms with E-state index in [-0.39, 0.29) is 0 Å². The minimum absolute atomic E-state index is 0.311. The highest BCUT2D eigenvalue weighted by molar-refractivity contribution is 5.65. The van der Waals surface area contributed by atoms with Crippen molar-refractivity contribution in [3.63, 3.8) is 0 Å². The second-order valence-corrected chi connectivity index (χ2v) is 2.46. The van der Waals surface area contributed by atoms with Gasteiger partial charge >= 0.3 is 6.18 Å². The number of anilines is 2. The predicted molar refractivity (Wildman–Crippen MR) is 40.2 cm³/mol. The molecule has 0 aliphatic heterocycles. The van der Waals surface area contributed by atoms with Crippen molar-refractivity contribution in [3.05, 3.63) is 23.5 Å². The van der Waals surface area contributed by atoms with Crippen LogP contribution in [0.5, 0.6) is 0 Å². The van der Waals surface area contributed by atoms with Crippen LogP contribution in [0.3, 0.4) is 0 Å². The van der Waals surface area contributed by atoms with Crippen LogP contribution in [-0.2, 0) is 6.18 Å². The zero-order valence-electron chi connectivity index (χ0n) is 6.32. The minimum atomic E-state index is -4.61. The maximum absolute atomic E-state index is 12.7. The predicted octanol–water partition coefficient (Wildman–Crippen LogP) is 2.01. The molecule has 0 unspecified atom stereocenters. The van der Waals surface area contributed by atoms with Crippen molar-refractivity contribution in [3.8, 4) is 0 Å². The summed E-state index contributed by atoms with van der Waals surface area (Å²) in [5, 5.41) is 0. The average molecular weight is 194 g/mol. The molecule has 0 fully saturated rings. The Morgan fingerprint density at radius 3 is 2.00 bits per heavy atom. The summed E-state index contributed by atoms with van der Waals surface area (Å²) < 4.78 is 48.7. The highest BCUT2D eigenvalue weighted by Crippen LogP contribution is 2.33. The Hall–Kier alpha value is -1.46. The van der Waals surface area contributed by atoms with Crippen LogP contribution in [0.15, 0.2) is 12.1 Å². The molecule has 2 nitrogen and oxygen atoms in total. The average Bonchev–Trinajstić information content (AvgIpc) is 1.97. The van der Waals surface area contributed by atoms with Crippen LogP contribution < -0.4 is 11.5 Å². The third-order valence-corrected chi connectivity index (χ3v) is 1.49. The maximum atomic E-state index is 12.7. The van der Waals surface area contributed by atoms with E-state index in [1.807, 2.05) is 0 Å². The van der Waals surface area contributed by atoms with Crippen molar-refractivity contribution in [2.24, 2.45) is 0 Å². The number of nitrogen functional groups attached to an aromatic ring is 2. The molecule has 1 aromatic carbocycles. The standard InChI is InChI=1S/C7H6F4N2/c8-4-1-3(7(9,10)11)2-5(12)6(4)13/h1-2H,12-13H2. The van der Waals surface area contributed by atoms with Crippen LogP contribution >= 0.6 is 0 Å². The van der Waals surface area contributed by atoms with E-state index < -0.39 is 28.9 Å². The molecule has 0 amide bonds. The van der Waals surface area contributed by atoms with E-state index in [4.69, 9.17) is 11.5 Å². The Morgan fingerprint density at radius 1 is 1.08 bits per heavy atom. The molecule has 6 heteroatoms. The van der Waals surface area contributed by atoms with Gasteiger partial charge < -0.3 is 11.5 Å². The first-order chi connectivity index (χ1) is 5.82. The zero-order valence-corrected chi connectivity index (χ0v) is 6.32. The van der Waals surface area contributed by atoms with Crippen LogP contribution in [0.4, 0.5) is 28.9 Å². The van der Waals surface area contributed by atoms with E-state index in [9.17, 15) is 17.6 Å². The van der Waals surface area contributed by atoms with Gasteiger partial charge in [0.15, 0.2) is 0 Å². The quantitative estimate of drug-likeness (QED) is 0.490. The van der Waals surface area contributed by atoms with Crippen LogP contribution in [0, 0.1) is 5.82 Å². The molecule has 0 aromatic heterocycles. The number of rotatable bonds is 0. The Kier molecular flexibility index (Phi) is 2.07. The Morgan fingerprint density at radius 2 is 1.62 bits per heavy atom. The molecule has 1 rings (SSSR count). The van der Waals surface area contributed by atoms with Crippen molar-refractivity contribution >= 4 is 11.4 Å². The first kappa shape index (κ1) is 9.63. The Labute approximate surface area is 71.1 Å². The van der Waals surface area contributed by atoms with Gasteiger partial charge in [0.25, 0.3) is 0 Å². The molecular weight excluding hydrogens is 188 g/mol. The third-order valence-electron chi connectivity index (χ3n) is 1.49. The van der Waals surface area contributed by atoms with E-state index >= 15 is 0 Å². The van der Waals surface area contributed by atoms with Gasteiger partial charge in [-0.05, 0) is 12.1 Å². The number of hydrogen-bond acceptors (Lipinski definition) is 2. The highest BCUT2D eigenvalue weighted by Gasteiger charge is 2.31. The van der Waals surface area contributed by atoms with Gasteiger partial charge in [0.05, 0.1) is 16.9 Å². The molecular formula is C7H6F4N2. The number of hydrogen-bond donors (Lipinski definition) is 2. The van der Waals surface area contributed by atoms with Crippen LogP contribution in [0.1, 0.15) is 5.56 Å². The molecule has 0 spiro atoms. The molecule has 4 N–H and O–H groups in total. The molecule has 0 heterocycles. The van der Waals surface area contributed by atoms with E-state index in [0.29, 0.717) is 12.1 Å². The largest absolute Gasteiger partial charge is 0.416 e. The smallest absolute Gasteiger partial charge is 0.397 e. The highest BCUT2D eigenvalue weighted by atomic mass is 19.4. The van der Waals surface area contributed by atoms with Crippen molar-refractivity contribution < 1.29 is 17.6 Å². The van der Waals surface area contributed by atoms with Crippen LogP contribution in [0.25, 0.3) is 0 Å². The first-order valence-electron chi connectivity index (χ1n) is 3.24. The summed E-state index contributed by atoms with van der Waals surface area (Å²) in [6.45, 7) is 0. The van der Waals surface area contributed by atoms with E-state index in [2.05, 4.69) is 0 Å². The summed E-state index contributed by atoms with van der Waals surface area (Å²) in [7, 11) is 0. The summed E-state index contributed by atoms with van der Waals surface area (Å²) in [5.74, 6) is -1.16. The Balaban J connectivity index is 3.29. The molecule has 0 bridgehead atoms. The fourth-order valence-electron chi connectivity index (χ4n) is 0.803. The molecule has 0 saturated carbocycles. The molecule has 0 radical (unpaired) electrons. The van der Waals surface area contributed by atoms with Crippen molar-refractivity contribution in [1.29, 1.82) is 0 Å². The normalized spacial score (nSPS) is 11.7. The van der Waals surface area contributed by atoms with E-state index in [1.165, 1.54) is 0 Å². The third kappa shape index (κ3) is 1.82. The lowest BCUT2D eigenvalue weighted by Gasteiger charge is -2.09. The molecule has 1 aromatic rings. The van der Waals surface area contributed by atoms with Gasteiger partial charge in [-0.1, -0.05) is 0 Å². The van der Waals surface area contributed by atoms with Crippen molar-refractivity contribution in [2.45, 2.75) is 6.18 Å². The summed E-state index contributed by atoms with van der Waals surface area (Å²) in [6.07, 6.45) is -4.61. The topological polar surface area (TPSA) is 52.0 Å². The summed E-state index contributed by atoms with van der Waals surface area (Å²) in [6, 6.07) is 0.907. The molecule has 0 saturated heterocycles. The molecule has 13 heavy (non-hydrogen) atoms. The first-order valence-corrected chi connectivity index (χ1v) is 3.24. The van der Waals surface area contributed by atoms with Gasteiger partial charge in [0.2, 0.25) is 0 Å². The van der Waals surface area contributed by atoms with E-state index in [1.54, 1.807) is 0 Å². The van der Waals surface area contributed by atoms with Gasteiger partial charge in [-0.3, -0.25) is 0 Å². The zero-order chi connectivity index (χ0) is 10.2. The van der Waals surface area contributed by atoms with Gasteiger partial charge in [0, 0.05) is 0 Å². The summed E-state index contributed by atoms with van der Waals surface area (Å²) in [4.78, 5) is 0. The summed E-state index contributed by atoms with van der Waals surface area (Å²) >= 11 is 0. The fraction of sp³-hybridized carbons (Fsp3) is 0.143. The second-order valence-electron chi connectivity index (χ2n) is 2.46.